The van der Waals surface area contributed by atoms with E-state index in [0.29, 0.717) is 0 Å². The van der Waals surface area contributed by atoms with Gasteiger partial charge in [-0.05, 0) is 51.3 Å². The third-order valence-corrected chi connectivity index (χ3v) is 5.56. The Morgan fingerprint density at radius 2 is 1.90 bits per heavy atom. The van der Waals surface area contributed by atoms with Crippen LogP contribution in [0.25, 0.3) is 16.3 Å². The first-order valence-corrected chi connectivity index (χ1v) is 7.63. The number of hydrogen-bond acceptors (Lipinski definition) is 0. The standard InChI is InChI=1S/C20H18/c1-20(2)17-10-8-12-5-3-4-6-14(12)18(17)15-9-7-13-11-16(13)19(15)20/h3-10,13,16H,11H2,1-2H3. The minimum atomic E-state index is 0.207. The van der Waals surface area contributed by atoms with Crippen LogP contribution in [0.1, 0.15) is 31.4 Å². The molecule has 0 N–H and O–H groups in total. The Morgan fingerprint density at radius 1 is 1.05 bits per heavy atom. The lowest BCUT2D eigenvalue weighted by Crippen LogP contribution is -2.19. The number of benzene rings is 2. The van der Waals surface area contributed by atoms with Crippen molar-refractivity contribution in [2.75, 3.05) is 0 Å². The molecule has 0 heteroatoms. The molecular formula is C20H18. The van der Waals surface area contributed by atoms with Crippen molar-refractivity contribution in [3.8, 4) is 0 Å². The maximum absolute atomic E-state index is 2.44. The average Bonchev–Trinajstić information content (AvgIpc) is 3.19. The highest BCUT2D eigenvalue weighted by Gasteiger charge is 2.50. The Balaban J connectivity index is 1.93. The van der Waals surface area contributed by atoms with Gasteiger partial charge in [0, 0.05) is 5.41 Å². The van der Waals surface area contributed by atoms with E-state index in [1.54, 1.807) is 5.57 Å². The molecule has 20 heavy (non-hydrogen) atoms. The molecule has 5 rings (SSSR count). The maximum Gasteiger partial charge on any atom is 0.0124 e. The number of hydrogen-bond donors (Lipinski definition) is 0. The van der Waals surface area contributed by atoms with Crippen molar-refractivity contribution >= 4 is 16.3 Å². The van der Waals surface area contributed by atoms with E-state index in [-0.39, 0.29) is 5.41 Å². The summed E-state index contributed by atoms with van der Waals surface area (Å²) in [4.78, 5) is 0. The van der Waals surface area contributed by atoms with E-state index >= 15 is 0 Å². The highest BCUT2D eigenvalue weighted by molar-refractivity contribution is 6.02. The van der Waals surface area contributed by atoms with Crippen LogP contribution < -0.4 is 0 Å². The monoisotopic (exact) mass is 258 g/mol. The summed E-state index contributed by atoms with van der Waals surface area (Å²) in [7, 11) is 0. The molecule has 2 atom stereocenters. The lowest BCUT2D eigenvalue weighted by molar-refractivity contribution is 0.592. The number of allylic oxidation sites excluding steroid dienone is 4. The third kappa shape index (κ3) is 1.14. The van der Waals surface area contributed by atoms with Crippen molar-refractivity contribution in [2.45, 2.75) is 25.7 Å². The zero-order chi connectivity index (χ0) is 13.5. The Bertz CT molecular complexity index is 817. The summed E-state index contributed by atoms with van der Waals surface area (Å²) < 4.78 is 0. The van der Waals surface area contributed by atoms with E-state index in [1.807, 2.05) is 0 Å². The molecule has 0 radical (unpaired) electrons. The van der Waals surface area contributed by atoms with E-state index in [9.17, 15) is 0 Å². The Morgan fingerprint density at radius 3 is 2.80 bits per heavy atom. The highest BCUT2D eigenvalue weighted by Crippen LogP contribution is 2.61. The Hall–Kier alpha value is -1.82. The Kier molecular flexibility index (Phi) is 1.77. The van der Waals surface area contributed by atoms with Crippen molar-refractivity contribution in [1.82, 2.24) is 0 Å². The van der Waals surface area contributed by atoms with Crippen molar-refractivity contribution < 1.29 is 0 Å². The van der Waals surface area contributed by atoms with Crippen LogP contribution in [0.2, 0.25) is 0 Å². The largest absolute Gasteiger partial charge is 0.0802 e. The predicted octanol–water partition coefficient (Wildman–Crippen LogP) is 5.09. The van der Waals surface area contributed by atoms with E-state index in [1.165, 1.54) is 33.9 Å². The maximum atomic E-state index is 2.44. The van der Waals surface area contributed by atoms with Crippen molar-refractivity contribution in [2.24, 2.45) is 11.8 Å². The number of rotatable bonds is 0. The summed E-state index contributed by atoms with van der Waals surface area (Å²) in [5.74, 6) is 1.64. The lowest BCUT2D eigenvalue weighted by atomic mass is 9.78. The van der Waals surface area contributed by atoms with Crippen LogP contribution in [0.4, 0.5) is 0 Å². The van der Waals surface area contributed by atoms with E-state index in [2.05, 4.69) is 62.4 Å². The van der Waals surface area contributed by atoms with Gasteiger partial charge in [0.25, 0.3) is 0 Å². The Labute approximate surface area is 119 Å². The summed E-state index contributed by atoms with van der Waals surface area (Å²) in [6, 6.07) is 13.5. The fourth-order valence-electron chi connectivity index (χ4n) is 4.51. The molecule has 0 aromatic heterocycles. The van der Waals surface area contributed by atoms with E-state index < -0.39 is 0 Å². The zero-order valence-corrected chi connectivity index (χ0v) is 12.0. The van der Waals surface area contributed by atoms with Crippen LogP contribution in [0.5, 0.6) is 0 Å². The van der Waals surface area contributed by atoms with Crippen molar-refractivity contribution in [3.63, 3.8) is 0 Å². The molecule has 2 unspecified atom stereocenters. The SMILES string of the molecule is CC1(C)C2=C(C=CC3CC23)c2c1ccc1ccccc21. The predicted molar refractivity (Wildman–Crippen MR) is 84.6 cm³/mol. The smallest absolute Gasteiger partial charge is 0.0124 e. The van der Waals surface area contributed by atoms with Gasteiger partial charge >= 0.3 is 0 Å². The highest BCUT2D eigenvalue weighted by atomic mass is 14.5. The average molecular weight is 258 g/mol. The molecule has 0 spiro atoms. The van der Waals surface area contributed by atoms with Gasteiger partial charge in [-0.15, -0.1) is 0 Å². The van der Waals surface area contributed by atoms with Gasteiger partial charge in [-0.25, -0.2) is 0 Å². The van der Waals surface area contributed by atoms with Crippen LogP contribution in [0, 0.1) is 11.8 Å². The van der Waals surface area contributed by atoms with Crippen LogP contribution >= 0.6 is 0 Å². The molecule has 0 amide bonds. The second-order valence-corrected chi connectivity index (χ2v) is 7.03. The van der Waals surface area contributed by atoms with Gasteiger partial charge in [-0.1, -0.05) is 62.4 Å². The molecule has 2 aromatic rings. The molecule has 0 aliphatic heterocycles. The van der Waals surface area contributed by atoms with Crippen molar-refractivity contribution in [3.05, 3.63) is 65.3 Å². The molecule has 2 aromatic carbocycles. The molecule has 0 bridgehead atoms. The summed E-state index contributed by atoms with van der Waals surface area (Å²) in [5.41, 5.74) is 6.47. The van der Waals surface area contributed by atoms with E-state index in [4.69, 9.17) is 0 Å². The zero-order valence-electron chi connectivity index (χ0n) is 12.0. The molecule has 1 fully saturated rings. The molecule has 0 heterocycles. The summed E-state index contributed by atoms with van der Waals surface area (Å²) in [6.45, 7) is 4.83. The molecule has 0 saturated heterocycles. The molecule has 0 nitrogen and oxygen atoms in total. The quantitative estimate of drug-likeness (QED) is 0.617. The summed E-state index contributed by atoms with van der Waals surface area (Å²) >= 11 is 0. The van der Waals surface area contributed by atoms with E-state index in [0.717, 1.165) is 11.8 Å². The third-order valence-electron chi connectivity index (χ3n) is 5.56. The lowest BCUT2D eigenvalue weighted by Gasteiger charge is -2.26. The first kappa shape index (κ1) is 10.9. The fourth-order valence-corrected chi connectivity index (χ4v) is 4.51. The first-order valence-electron chi connectivity index (χ1n) is 7.63. The molecule has 1 saturated carbocycles. The molecular weight excluding hydrogens is 240 g/mol. The van der Waals surface area contributed by atoms with Gasteiger partial charge in [-0.2, -0.15) is 0 Å². The van der Waals surface area contributed by atoms with Gasteiger partial charge in [0.05, 0.1) is 0 Å². The van der Waals surface area contributed by atoms with Gasteiger partial charge in [0.1, 0.15) is 0 Å². The van der Waals surface area contributed by atoms with Gasteiger partial charge in [0.15, 0.2) is 0 Å². The molecule has 98 valence electrons. The van der Waals surface area contributed by atoms with Crippen LogP contribution in [-0.4, -0.2) is 0 Å². The van der Waals surface area contributed by atoms with Crippen molar-refractivity contribution in [1.29, 1.82) is 0 Å². The summed E-state index contributed by atoms with van der Waals surface area (Å²) in [6.07, 6.45) is 6.21. The van der Waals surface area contributed by atoms with Gasteiger partial charge in [0.2, 0.25) is 0 Å². The van der Waals surface area contributed by atoms with Crippen LogP contribution in [0.3, 0.4) is 0 Å². The van der Waals surface area contributed by atoms with Gasteiger partial charge in [-0.3, -0.25) is 0 Å². The normalized spacial score (nSPS) is 28.3. The topological polar surface area (TPSA) is 0 Å². The minimum Gasteiger partial charge on any atom is -0.0802 e. The van der Waals surface area contributed by atoms with Gasteiger partial charge < -0.3 is 0 Å². The molecule has 3 aliphatic rings. The van der Waals surface area contributed by atoms with Crippen LogP contribution in [-0.2, 0) is 5.41 Å². The summed E-state index contributed by atoms with van der Waals surface area (Å²) in [5, 5.41) is 2.79. The minimum absolute atomic E-state index is 0.207. The number of fused-ring (bicyclic) bond motifs is 6. The second kappa shape index (κ2) is 3.25. The second-order valence-electron chi connectivity index (χ2n) is 7.03. The van der Waals surface area contributed by atoms with Crippen LogP contribution in [0.15, 0.2) is 54.1 Å². The first-order chi connectivity index (χ1) is 9.68. The molecule has 3 aliphatic carbocycles. The fraction of sp³-hybridized carbons (Fsp3) is 0.300.